The fourth-order valence-corrected chi connectivity index (χ4v) is 1.47. The third kappa shape index (κ3) is 5.11. The molecule has 0 aliphatic heterocycles. The summed E-state index contributed by atoms with van der Waals surface area (Å²) in [4.78, 5) is 22.4. The van der Waals surface area contributed by atoms with Crippen LogP contribution in [0.1, 0.15) is 36.2 Å². The van der Waals surface area contributed by atoms with Crippen LogP contribution in [-0.2, 0) is 9.53 Å². The van der Waals surface area contributed by atoms with Crippen molar-refractivity contribution in [3.8, 4) is 11.8 Å². The summed E-state index contributed by atoms with van der Waals surface area (Å²) < 4.78 is 18.1. The number of halogens is 1. The monoisotopic (exact) mass is 277 g/mol. The molecule has 0 fully saturated rings. The summed E-state index contributed by atoms with van der Waals surface area (Å²) in [5, 5.41) is 2.59. The highest BCUT2D eigenvalue weighted by atomic mass is 19.1. The summed E-state index contributed by atoms with van der Waals surface area (Å²) in [6, 6.07) is 3.73. The first kappa shape index (κ1) is 15.7. The second-order valence-corrected chi connectivity index (χ2v) is 3.95. The maximum atomic E-state index is 13.2. The Morgan fingerprint density at radius 1 is 1.40 bits per heavy atom. The summed E-state index contributed by atoms with van der Waals surface area (Å²) >= 11 is 0. The number of carbonyl (C=O) groups excluding carboxylic acids is 2. The normalized spacial score (nSPS) is 9.35. The highest BCUT2D eigenvalue weighted by molar-refractivity contribution is 5.92. The van der Waals surface area contributed by atoms with Crippen molar-refractivity contribution in [2.24, 2.45) is 0 Å². The van der Waals surface area contributed by atoms with Gasteiger partial charge in [-0.3, -0.25) is 4.79 Å². The van der Waals surface area contributed by atoms with Crippen LogP contribution in [-0.4, -0.2) is 25.0 Å². The van der Waals surface area contributed by atoms with Gasteiger partial charge < -0.3 is 10.1 Å². The van der Waals surface area contributed by atoms with E-state index in [-0.39, 0.29) is 23.6 Å². The van der Waals surface area contributed by atoms with Gasteiger partial charge in [0.15, 0.2) is 0 Å². The number of nitrogens with one attached hydrogen (secondary N) is 1. The van der Waals surface area contributed by atoms with E-state index in [9.17, 15) is 14.0 Å². The Labute approximate surface area is 117 Å². The fourth-order valence-electron chi connectivity index (χ4n) is 1.47. The van der Waals surface area contributed by atoms with Crippen LogP contribution in [0, 0.1) is 17.7 Å². The van der Waals surface area contributed by atoms with E-state index in [0.717, 1.165) is 0 Å². The molecular formula is C15H16FNO3. The maximum Gasteiger partial charge on any atom is 0.339 e. The number of hydrogen-bond donors (Lipinski definition) is 1. The predicted octanol–water partition coefficient (Wildman–Crippen LogP) is 1.88. The summed E-state index contributed by atoms with van der Waals surface area (Å²) in [5.41, 5.74) is 0.520. The first-order chi connectivity index (χ1) is 9.54. The molecule has 1 aromatic rings. The minimum Gasteiger partial charge on any atom is -0.462 e. The average molecular weight is 277 g/mol. The Balaban J connectivity index is 2.82. The van der Waals surface area contributed by atoms with Crippen molar-refractivity contribution in [2.75, 3.05) is 13.2 Å². The van der Waals surface area contributed by atoms with Gasteiger partial charge in [-0.05, 0) is 25.1 Å². The molecule has 0 aromatic heterocycles. The number of carbonyl (C=O) groups is 2. The zero-order chi connectivity index (χ0) is 15.0. The summed E-state index contributed by atoms with van der Waals surface area (Å²) in [5.74, 6) is 4.38. The van der Waals surface area contributed by atoms with Crippen LogP contribution >= 0.6 is 0 Å². The van der Waals surface area contributed by atoms with Crippen LogP contribution in [0.15, 0.2) is 18.2 Å². The minimum absolute atomic E-state index is 0.134. The largest absolute Gasteiger partial charge is 0.462 e. The summed E-state index contributed by atoms with van der Waals surface area (Å²) in [6.07, 6.45) is 0.415. The average Bonchev–Trinajstić information content (AvgIpc) is 2.38. The molecule has 0 saturated carbocycles. The standard InChI is InChI=1S/C15H16FNO3/c1-3-20-15(19)14-8-7-13(16)10-12(14)6-4-5-9-17-11(2)18/h7-8,10H,3,5,9H2,1-2H3,(H,17,18). The zero-order valence-electron chi connectivity index (χ0n) is 11.5. The third-order valence-corrected chi connectivity index (χ3v) is 2.32. The highest BCUT2D eigenvalue weighted by Crippen LogP contribution is 2.12. The van der Waals surface area contributed by atoms with E-state index in [0.29, 0.717) is 13.0 Å². The Hall–Kier alpha value is -2.35. The number of amides is 1. The molecule has 0 aliphatic rings. The minimum atomic E-state index is -0.529. The fraction of sp³-hybridized carbons (Fsp3) is 0.333. The third-order valence-electron chi connectivity index (χ3n) is 2.32. The molecule has 1 rings (SSSR count). The van der Waals surface area contributed by atoms with E-state index in [4.69, 9.17) is 4.74 Å². The van der Waals surface area contributed by atoms with Gasteiger partial charge in [-0.2, -0.15) is 0 Å². The lowest BCUT2D eigenvalue weighted by molar-refractivity contribution is -0.118. The lowest BCUT2D eigenvalue weighted by Gasteiger charge is -2.04. The topological polar surface area (TPSA) is 55.4 Å². The van der Waals surface area contributed by atoms with Gasteiger partial charge >= 0.3 is 5.97 Å². The Morgan fingerprint density at radius 3 is 2.80 bits per heavy atom. The van der Waals surface area contributed by atoms with Crippen molar-refractivity contribution in [1.82, 2.24) is 5.32 Å². The molecule has 1 aromatic carbocycles. The SMILES string of the molecule is CCOC(=O)c1ccc(F)cc1C#CCCNC(C)=O. The molecule has 5 heteroatoms. The van der Waals surface area contributed by atoms with E-state index >= 15 is 0 Å². The van der Waals surface area contributed by atoms with Gasteiger partial charge in [-0.15, -0.1) is 0 Å². The smallest absolute Gasteiger partial charge is 0.339 e. The van der Waals surface area contributed by atoms with Gasteiger partial charge in [0, 0.05) is 25.5 Å². The molecule has 1 N–H and O–H groups in total. The molecule has 0 aliphatic carbocycles. The molecule has 106 valence electrons. The Morgan fingerprint density at radius 2 is 2.15 bits per heavy atom. The van der Waals surface area contributed by atoms with E-state index in [1.165, 1.54) is 25.1 Å². The van der Waals surface area contributed by atoms with Crippen LogP contribution in [0.25, 0.3) is 0 Å². The van der Waals surface area contributed by atoms with Crippen molar-refractivity contribution in [2.45, 2.75) is 20.3 Å². The van der Waals surface area contributed by atoms with Gasteiger partial charge in [0.25, 0.3) is 0 Å². The Kier molecular flexibility index (Phi) is 6.24. The van der Waals surface area contributed by atoms with Gasteiger partial charge in [0.05, 0.1) is 12.2 Å². The highest BCUT2D eigenvalue weighted by Gasteiger charge is 2.11. The van der Waals surface area contributed by atoms with Gasteiger partial charge in [0.2, 0.25) is 5.91 Å². The molecule has 4 nitrogen and oxygen atoms in total. The molecule has 0 atom stereocenters. The van der Waals surface area contributed by atoms with Gasteiger partial charge in [0.1, 0.15) is 5.82 Å². The predicted molar refractivity (Wildman–Crippen MR) is 72.5 cm³/mol. The van der Waals surface area contributed by atoms with Crippen molar-refractivity contribution < 1.29 is 18.7 Å². The Bertz CT molecular complexity index is 558. The van der Waals surface area contributed by atoms with Crippen LogP contribution in [0.2, 0.25) is 0 Å². The van der Waals surface area contributed by atoms with Crippen LogP contribution in [0.5, 0.6) is 0 Å². The van der Waals surface area contributed by atoms with Crippen LogP contribution < -0.4 is 5.32 Å². The molecule has 20 heavy (non-hydrogen) atoms. The van der Waals surface area contributed by atoms with Crippen molar-refractivity contribution in [3.05, 3.63) is 35.1 Å². The molecule has 1 amide bonds. The van der Waals surface area contributed by atoms with Crippen molar-refractivity contribution in [3.63, 3.8) is 0 Å². The second-order valence-electron chi connectivity index (χ2n) is 3.95. The summed E-state index contributed by atoms with van der Waals surface area (Å²) in [7, 11) is 0. The molecule has 0 spiro atoms. The van der Waals surface area contributed by atoms with E-state index in [1.807, 2.05) is 0 Å². The summed E-state index contributed by atoms with van der Waals surface area (Å²) in [6.45, 7) is 3.76. The molecule has 0 radical (unpaired) electrons. The molecular weight excluding hydrogens is 261 g/mol. The maximum absolute atomic E-state index is 13.2. The van der Waals surface area contributed by atoms with E-state index in [2.05, 4.69) is 17.2 Å². The van der Waals surface area contributed by atoms with Gasteiger partial charge in [-0.1, -0.05) is 11.8 Å². The number of hydrogen-bond acceptors (Lipinski definition) is 3. The molecule has 0 heterocycles. The van der Waals surface area contributed by atoms with Crippen LogP contribution in [0.3, 0.4) is 0 Å². The lowest BCUT2D eigenvalue weighted by Crippen LogP contribution is -2.20. The zero-order valence-corrected chi connectivity index (χ0v) is 11.5. The van der Waals surface area contributed by atoms with Crippen LogP contribution in [0.4, 0.5) is 4.39 Å². The molecule has 0 saturated heterocycles. The van der Waals surface area contributed by atoms with Crippen molar-refractivity contribution >= 4 is 11.9 Å². The lowest BCUT2D eigenvalue weighted by atomic mass is 10.1. The number of ether oxygens (including phenoxy) is 1. The first-order valence-electron chi connectivity index (χ1n) is 6.24. The molecule has 0 unspecified atom stereocenters. The molecule has 0 bridgehead atoms. The van der Waals surface area contributed by atoms with E-state index in [1.54, 1.807) is 6.92 Å². The second kappa shape index (κ2) is 7.95. The van der Waals surface area contributed by atoms with Crippen molar-refractivity contribution in [1.29, 1.82) is 0 Å². The van der Waals surface area contributed by atoms with Gasteiger partial charge in [-0.25, -0.2) is 9.18 Å². The quantitative estimate of drug-likeness (QED) is 0.519. The van der Waals surface area contributed by atoms with E-state index < -0.39 is 11.8 Å². The number of rotatable bonds is 4. The number of esters is 1. The number of benzene rings is 1. The first-order valence-corrected chi connectivity index (χ1v) is 6.24.